The maximum atomic E-state index is 11.1. The topological polar surface area (TPSA) is 29.1 Å². The van der Waals surface area contributed by atoms with Crippen molar-refractivity contribution in [2.75, 3.05) is 0 Å². The monoisotopic (exact) mass is 189 g/mol. The third-order valence-corrected chi connectivity index (χ3v) is 3.03. The molecule has 0 aromatic rings. The molecule has 1 heterocycles. The summed E-state index contributed by atoms with van der Waals surface area (Å²) in [5.74, 6) is 0.0912. The van der Waals surface area contributed by atoms with Gasteiger partial charge in [0.1, 0.15) is 4.32 Å². The van der Waals surface area contributed by atoms with Crippen LogP contribution in [0.5, 0.6) is 0 Å². The van der Waals surface area contributed by atoms with Crippen LogP contribution in [0, 0.1) is 0 Å². The minimum Gasteiger partial charge on any atom is -0.311 e. The van der Waals surface area contributed by atoms with Gasteiger partial charge in [-0.3, -0.25) is 4.79 Å². The van der Waals surface area contributed by atoms with Gasteiger partial charge in [0.05, 0.1) is 5.25 Å². The van der Waals surface area contributed by atoms with Crippen LogP contribution >= 0.6 is 24.0 Å². The molecule has 4 heteroatoms. The zero-order valence-electron chi connectivity index (χ0n) is 6.42. The Morgan fingerprint density at radius 2 is 2.45 bits per heavy atom. The summed E-state index contributed by atoms with van der Waals surface area (Å²) in [5.41, 5.74) is 0. The van der Waals surface area contributed by atoms with E-state index in [9.17, 15) is 4.79 Å². The highest BCUT2D eigenvalue weighted by atomic mass is 32.2. The first-order valence-corrected chi connectivity index (χ1v) is 5.04. The molecule has 0 bridgehead atoms. The average Bonchev–Trinajstić information content (AvgIpc) is 2.26. The Balaban J connectivity index is 2.34. The molecule has 1 saturated heterocycles. The Morgan fingerprint density at radius 1 is 1.73 bits per heavy atom. The quantitative estimate of drug-likeness (QED) is 0.685. The molecule has 0 aromatic carbocycles. The number of amides is 1. The van der Waals surface area contributed by atoms with E-state index in [0.29, 0.717) is 4.32 Å². The molecule has 2 nitrogen and oxygen atoms in total. The largest absolute Gasteiger partial charge is 0.311 e. The number of thioether (sulfide) groups is 1. The molecule has 1 aliphatic heterocycles. The van der Waals surface area contributed by atoms with Crippen molar-refractivity contribution in [1.82, 2.24) is 5.32 Å². The van der Waals surface area contributed by atoms with E-state index in [2.05, 4.69) is 12.2 Å². The van der Waals surface area contributed by atoms with Crippen LogP contribution in [-0.4, -0.2) is 15.5 Å². The highest BCUT2D eigenvalue weighted by Gasteiger charge is 2.27. The molecule has 1 unspecified atom stereocenters. The molecule has 0 aromatic heterocycles. The zero-order valence-corrected chi connectivity index (χ0v) is 8.06. The summed E-state index contributed by atoms with van der Waals surface area (Å²) in [7, 11) is 0. The van der Waals surface area contributed by atoms with E-state index in [1.165, 1.54) is 11.8 Å². The van der Waals surface area contributed by atoms with Crippen LogP contribution in [0.2, 0.25) is 0 Å². The minimum absolute atomic E-state index is 0.0856. The number of nitrogens with one attached hydrogen (secondary N) is 1. The van der Waals surface area contributed by atoms with Gasteiger partial charge in [0.15, 0.2) is 0 Å². The summed E-state index contributed by atoms with van der Waals surface area (Å²) in [6.07, 6.45) is 3.19. The van der Waals surface area contributed by atoms with E-state index in [0.717, 1.165) is 19.3 Å². The van der Waals surface area contributed by atoms with E-state index in [1.807, 2.05) is 0 Å². The summed E-state index contributed by atoms with van der Waals surface area (Å²) in [6.45, 7) is 2.12. The summed E-state index contributed by atoms with van der Waals surface area (Å²) in [4.78, 5) is 11.1. The third kappa shape index (κ3) is 2.45. The minimum atomic E-state index is 0.0856. The van der Waals surface area contributed by atoms with E-state index >= 15 is 0 Å². The number of thiocarbonyl (C=S) groups is 1. The van der Waals surface area contributed by atoms with Crippen LogP contribution in [0.15, 0.2) is 0 Å². The number of carbonyl (C=O) groups is 1. The highest BCUT2D eigenvalue weighted by molar-refractivity contribution is 8.24. The first-order chi connectivity index (χ1) is 5.24. The zero-order chi connectivity index (χ0) is 8.27. The Morgan fingerprint density at radius 3 is 2.91 bits per heavy atom. The summed E-state index contributed by atoms with van der Waals surface area (Å²) in [5, 5.41) is 2.72. The van der Waals surface area contributed by atoms with Crippen molar-refractivity contribution < 1.29 is 4.79 Å². The van der Waals surface area contributed by atoms with Crippen molar-refractivity contribution in [3.8, 4) is 0 Å². The fraction of sp³-hybridized carbons (Fsp3) is 0.714. The van der Waals surface area contributed by atoms with Gasteiger partial charge in [-0.15, -0.1) is 0 Å². The fourth-order valence-electron chi connectivity index (χ4n) is 0.973. The van der Waals surface area contributed by atoms with Crippen molar-refractivity contribution in [2.24, 2.45) is 0 Å². The van der Waals surface area contributed by atoms with E-state index in [1.54, 1.807) is 0 Å². The Kier molecular flexibility index (Phi) is 3.33. The second-order valence-electron chi connectivity index (χ2n) is 2.53. The second-order valence-corrected chi connectivity index (χ2v) is 4.41. The predicted molar refractivity (Wildman–Crippen MR) is 51.6 cm³/mol. The lowest BCUT2D eigenvalue weighted by molar-refractivity contribution is -0.118. The number of hydrogen-bond acceptors (Lipinski definition) is 3. The molecule has 11 heavy (non-hydrogen) atoms. The number of unbranched alkanes of at least 4 members (excludes halogenated alkanes) is 1. The maximum Gasteiger partial charge on any atom is 0.238 e. The maximum absolute atomic E-state index is 11.1. The normalized spacial score (nSPS) is 23.9. The predicted octanol–water partition coefficient (Wildman–Crippen LogP) is 1.69. The molecular formula is C7H11NOS2. The average molecular weight is 189 g/mol. The fourth-order valence-corrected chi connectivity index (χ4v) is 2.29. The highest BCUT2D eigenvalue weighted by Crippen LogP contribution is 2.23. The van der Waals surface area contributed by atoms with Gasteiger partial charge in [0.2, 0.25) is 5.91 Å². The summed E-state index contributed by atoms with van der Waals surface area (Å²) >= 11 is 6.34. The van der Waals surface area contributed by atoms with Crippen molar-refractivity contribution in [1.29, 1.82) is 0 Å². The van der Waals surface area contributed by atoms with Crippen molar-refractivity contribution >= 4 is 34.2 Å². The van der Waals surface area contributed by atoms with Crippen molar-refractivity contribution in [3.05, 3.63) is 0 Å². The molecular weight excluding hydrogens is 178 g/mol. The molecule has 1 fully saturated rings. The van der Waals surface area contributed by atoms with Crippen LogP contribution in [0.4, 0.5) is 0 Å². The Hall–Kier alpha value is -0.0900. The van der Waals surface area contributed by atoms with Crippen LogP contribution in [0.3, 0.4) is 0 Å². The Labute approximate surface area is 76.1 Å². The standard InChI is InChI=1S/C7H11NOS2/c1-2-3-4-5-6(9)8-7(10)11-5/h5H,2-4H2,1H3,(H,8,9,10). The SMILES string of the molecule is CCCCC1SC(=S)NC1=O. The van der Waals surface area contributed by atoms with Gasteiger partial charge in [0.25, 0.3) is 0 Å². The summed E-state index contributed by atoms with van der Waals surface area (Å²) in [6, 6.07) is 0. The molecule has 0 radical (unpaired) electrons. The lowest BCUT2D eigenvalue weighted by Gasteiger charge is -2.01. The van der Waals surface area contributed by atoms with E-state index < -0.39 is 0 Å². The van der Waals surface area contributed by atoms with Gasteiger partial charge in [-0.25, -0.2) is 0 Å². The lowest BCUT2D eigenvalue weighted by Crippen LogP contribution is -2.23. The number of hydrogen-bond donors (Lipinski definition) is 1. The van der Waals surface area contributed by atoms with Gasteiger partial charge in [-0.2, -0.15) is 0 Å². The summed E-state index contributed by atoms with van der Waals surface area (Å²) < 4.78 is 0.635. The van der Waals surface area contributed by atoms with Gasteiger partial charge in [-0.1, -0.05) is 43.7 Å². The van der Waals surface area contributed by atoms with E-state index in [4.69, 9.17) is 12.2 Å². The molecule has 1 N–H and O–H groups in total. The second kappa shape index (κ2) is 4.07. The van der Waals surface area contributed by atoms with Crippen molar-refractivity contribution in [3.63, 3.8) is 0 Å². The van der Waals surface area contributed by atoms with E-state index in [-0.39, 0.29) is 11.2 Å². The lowest BCUT2D eigenvalue weighted by atomic mass is 10.2. The van der Waals surface area contributed by atoms with Crippen LogP contribution in [0.25, 0.3) is 0 Å². The third-order valence-electron chi connectivity index (χ3n) is 1.59. The molecule has 1 rings (SSSR count). The molecule has 1 atom stereocenters. The van der Waals surface area contributed by atoms with Crippen LogP contribution in [-0.2, 0) is 4.79 Å². The number of rotatable bonds is 3. The molecule has 62 valence electrons. The molecule has 1 aliphatic rings. The number of carbonyl (C=O) groups excluding carboxylic acids is 1. The molecule has 0 saturated carbocycles. The van der Waals surface area contributed by atoms with Gasteiger partial charge < -0.3 is 5.32 Å². The molecule has 0 spiro atoms. The molecule has 0 aliphatic carbocycles. The van der Waals surface area contributed by atoms with Crippen LogP contribution < -0.4 is 5.32 Å². The van der Waals surface area contributed by atoms with Crippen molar-refractivity contribution in [2.45, 2.75) is 31.4 Å². The Bertz CT molecular complexity index is 181. The molecule has 1 amide bonds. The van der Waals surface area contributed by atoms with Gasteiger partial charge in [-0.05, 0) is 6.42 Å². The van der Waals surface area contributed by atoms with Crippen LogP contribution in [0.1, 0.15) is 26.2 Å². The van der Waals surface area contributed by atoms with Gasteiger partial charge >= 0.3 is 0 Å². The first kappa shape index (κ1) is 9.00. The first-order valence-electron chi connectivity index (χ1n) is 3.75. The smallest absolute Gasteiger partial charge is 0.238 e. The van der Waals surface area contributed by atoms with Gasteiger partial charge in [0, 0.05) is 0 Å².